The number of hydrogen-bond acceptors (Lipinski definition) is 7. The maximum Gasteiger partial charge on any atom is 0.283 e. The number of fused-ring (bicyclic) bond motifs is 1. The van der Waals surface area contributed by atoms with Crippen LogP contribution in [0.4, 0.5) is 11.8 Å². The number of carbonyl (C=O) groups is 1. The third-order valence-electron chi connectivity index (χ3n) is 6.30. The van der Waals surface area contributed by atoms with Gasteiger partial charge >= 0.3 is 0 Å². The fourth-order valence-corrected chi connectivity index (χ4v) is 4.59. The Hall–Kier alpha value is -3.72. The topological polar surface area (TPSA) is 111 Å². The summed E-state index contributed by atoms with van der Waals surface area (Å²) in [6.45, 7) is 5.06. The van der Waals surface area contributed by atoms with E-state index >= 15 is 0 Å². The van der Waals surface area contributed by atoms with Crippen LogP contribution in [0.3, 0.4) is 0 Å². The molecular weight excluding hydrogens is 442 g/mol. The van der Waals surface area contributed by atoms with E-state index in [1.165, 1.54) is 24.0 Å². The van der Waals surface area contributed by atoms with E-state index < -0.39 is 0 Å². The Morgan fingerprint density at radius 1 is 1.24 bits per heavy atom. The molecule has 0 saturated carbocycles. The van der Waals surface area contributed by atoms with Gasteiger partial charge in [-0.1, -0.05) is 36.7 Å². The van der Waals surface area contributed by atoms with Crippen LogP contribution in [0.25, 0.3) is 11.2 Å². The molecule has 9 nitrogen and oxygen atoms in total. The predicted octanol–water partition coefficient (Wildman–Crippen LogP) is 2.95. The van der Waals surface area contributed by atoms with Crippen molar-refractivity contribution >= 4 is 34.7 Å². The fourth-order valence-electron chi connectivity index (χ4n) is 4.36. The van der Waals surface area contributed by atoms with Gasteiger partial charge in [-0.15, -0.1) is 0 Å². The third-order valence-corrected chi connectivity index (χ3v) is 6.61. The Bertz CT molecular complexity index is 1440. The number of nitrogens with two attached hydrogens (primary N) is 1. The Morgan fingerprint density at radius 2 is 2.00 bits per heavy atom. The molecule has 4 heterocycles. The number of ketones is 1. The van der Waals surface area contributed by atoms with Crippen LogP contribution in [0.15, 0.2) is 53.8 Å². The molecule has 33 heavy (non-hydrogen) atoms. The van der Waals surface area contributed by atoms with Crippen LogP contribution in [0, 0.1) is 5.92 Å². The lowest BCUT2D eigenvalue weighted by atomic mass is 9.81. The van der Waals surface area contributed by atoms with Crippen molar-refractivity contribution in [3.8, 4) is 5.69 Å². The first-order valence-electron chi connectivity index (χ1n) is 10.6. The van der Waals surface area contributed by atoms with Crippen molar-refractivity contribution in [3.63, 3.8) is 0 Å². The molecule has 2 N–H and O–H groups in total. The van der Waals surface area contributed by atoms with Crippen molar-refractivity contribution in [2.75, 3.05) is 23.7 Å². The van der Waals surface area contributed by atoms with Crippen molar-refractivity contribution in [2.45, 2.75) is 19.8 Å². The van der Waals surface area contributed by atoms with Crippen LogP contribution in [0.2, 0.25) is 5.02 Å². The van der Waals surface area contributed by atoms with E-state index in [-0.39, 0.29) is 23.2 Å². The highest BCUT2D eigenvalue weighted by Crippen LogP contribution is 2.37. The highest BCUT2D eigenvalue weighted by molar-refractivity contribution is 6.33. The van der Waals surface area contributed by atoms with Crippen molar-refractivity contribution in [3.05, 3.63) is 75.6 Å². The van der Waals surface area contributed by atoms with Crippen LogP contribution in [-0.2, 0) is 0 Å². The number of anilines is 2. The summed E-state index contributed by atoms with van der Waals surface area (Å²) in [5.41, 5.74) is 8.15. The molecule has 3 aromatic heterocycles. The lowest BCUT2D eigenvalue weighted by Gasteiger charge is -2.44. The van der Waals surface area contributed by atoms with Gasteiger partial charge in [0, 0.05) is 31.4 Å². The summed E-state index contributed by atoms with van der Waals surface area (Å²) in [4.78, 5) is 35.4. The number of nitrogen functional groups attached to an aromatic ring is 1. The Kier molecular flexibility index (Phi) is 5.13. The molecule has 0 aliphatic carbocycles. The molecule has 1 fully saturated rings. The fraction of sp³-hybridized carbons (Fsp3) is 0.261. The first kappa shape index (κ1) is 21.1. The highest BCUT2D eigenvalue weighted by atomic mass is 35.5. The minimum absolute atomic E-state index is 0.0989. The molecule has 0 radical (unpaired) electrons. The summed E-state index contributed by atoms with van der Waals surface area (Å²) in [6.07, 6.45) is 4.66. The van der Waals surface area contributed by atoms with Gasteiger partial charge in [-0.3, -0.25) is 14.2 Å². The van der Waals surface area contributed by atoms with Crippen molar-refractivity contribution in [1.82, 2.24) is 24.1 Å². The number of carbonyl (C=O) groups excluding carboxylic acids is 1. The van der Waals surface area contributed by atoms with E-state index in [0.717, 1.165) is 11.3 Å². The Labute approximate surface area is 194 Å². The first-order valence-corrected chi connectivity index (χ1v) is 10.9. The number of nitrogens with zero attached hydrogens (tertiary/aromatic N) is 6. The number of hydrogen-bond donors (Lipinski definition) is 1. The van der Waals surface area contributed by atoms with E-state index in [9.17, 15) is 9.59 Å². The van der Waals surface area contributed by atoms with Crippen LogP contribution in [0.1, 0.15) is 35.7 Å². The van der Waals surface area contributed by atoms with Gasteiger partial charge < -0.3 is 10.6 Å². The van der Waals surface area contributed by atoms with Crippen LogP contribution in [-0.4, -0.2) is 43.0 Å². The van der Waals surface area contributed by atoms with Crippen molar-refractivity contribution in [2.24, 2.45) is 5.92 Å². The molecule has 0 amide bonds. The average Bonchev–Trinajstić information content (AvgIpc) is 3.14. The number of Topliss-reactive ketones (excluding diaryl/α,β-unsaturated/α-hetero) is 1. The summed E-state index contributed by atoms with van der Waals surface area (Å²) >= 11 is 6.22. The zero-order valence-electron chi connectivity index (χ0n) is 18.1. The molecule has 1 aromatic carbocycles. The summed E-state index contributed by atoms with van der Waals surface area (Å²) in [5, 5.41) is 4.70. The second-order valence-electron chi connectivity index (χ2n) is 8.30. The van der Waals surface area contributed by atoms with Crippen LogP contribution < -0.4 is 16.2 Å². The smallest absolute Gasteiger partial charge is 0.283 e. The number of para-hydroxylation sites is 1. The molecule has 4 aromatic rings. The summed E-state index contributed by atoms with van der Waals surface area (Å²) in [6, 6.07) is 9.46. The minimum Gasteiger partial charge on any atom is -0.368 e. The second kappa shape index (κ2) is 8.00. The maximum absolute atomic E-state index is 13.2. The molecule has 1 atom stereocenters. The first-order chi connectivity index (χ1) is 15.8. The van der Waals surface area contributed by atoms with E-state index in [1.54, 1.807) is 16.8 Å². The SMILES string of the molecule is CC(=O)c1cnc(N)nc1N1CC(C(C)c2ccccc2-n2cnn3ccc(Cl)c3c2=O)C1. The standard InChI is InChI=1S/C23H22ClN7O2/c1-13(15-10-29(11-15)21-17(14(2)32)9-26-23(25)28-21)16-5-3-4-6-19(16)30-12-27-31-8-7-18(24)20(31)22(30)33/h3-9,12-13,15H,10-11H2,1-2H3,(H2,25,26,28). The molecule has 0 spiro atoms. The van der Waals surface area contributed by atoms with Gasteiger partial charge in [0.1, 0.15) is 17.7 Å². The molecule has 5 rings (SSSR count). The lowest BCUT2D eigenvalue weighted by Crippen LogP contribution is -2.50. The molecule has 10 heteroatoms. The average molecular weight is 464 g/mol. The van der Waals surface area contributed by atoms with Crippen LogP contribution >= 0.6 is 11.6 Å². The molecular formula is C23H22ClN7O2. The molecule has 0 bridgehead atoms. The molecule has 1 unspecified atom stereocenters. The number of aromatic nitrogens is 5. The maximum atomic E-state index is 13.2. The minimum atomic E-state index is -0.225. The van der Waals surface area contributed by atoms with Crippen LogP contribution in [0.5, 0.6) is 0 Å². The summed E-state index contributed by atoms with van der Waals surface area (Å²) in [7, 11) is 0. The largest absolute Gasteiger partial charge is 0.368 e. The summed E-state index contributed by atoms with van der Waals surface area (Å²) < 4.78 is 3.03. The number of benzene rings is 1. The third kappa shape index (κ3) is 3.54. The Balaban J connectivity index is 1.45. The Morgan fingerprint density at radius 3 is 2.76 bits per heavy atom. The molecule has 168 valence electrons. The van der Waals surface area contributed by atoms with Gasteiger partial charge in [0.25, 0.3) is 5.56 Å². The van der Waals surface area contributed by atoms with E-state index in [0.29, 0.717) is 40.9 Å². The highest BCUT2D eigenvalue weighted by Gasteiger charge is 2.35. The quantitative estimate of drug-likeness (QED) is 0.453. The summed E-state index contributed by atoms with van der Waals surface area (Å²) in [5.74, 6) is 1.05. The zero-order chi connectivity index (χ0) is 23.3. The van der Waals surface area contributed by atoms with E-state index in [1.807, 2.05) is 29.2 Å². The molecule has 1 aliphatic rings. The monoisotopic (exact) mass is 463 g/mol. The number of rotatable bonds is 5. The van der Waals surface area contributed by atoms with Gasteiger partial charge in [-0.05, 0) is 30.5 Å². The van der Waals surface area contributed by atoms with E-state index in [4.69, 9.17) is 17.3 Å². The van der Waals surface area contributed by atoms with E-state index in [2.05, 4.69) is 22.0 Å². The predicted molar refractivity (Wildman–Crippen MR) is 126 cm³/mol. The van der Waals surface area contributed by atoms with Gasteiger partial charge in [0.15, 0.2) is 5.78 Å². The normalized spacial score (nSPS) is 14.9. The van der Waals surface area contributed by atoms with Crippen molar-refractivity contribution < 1.29 is 4.79 Å². The van der Waals surface area contributed by atoms with Crippen molar-refractivity contribution in [1.29, 1.82) is 0 Å². The molecule has 1 aliphatic heterocycles. The van der Waals surface area contributed by atoms with Gasteiger partial charge in [-0.2, -0.15) is 10.1 Å². The molecule has 1 saturated heterocycles. The zero-order valence-corrected chi connectivity index (χ0v) is 18.9. The van der Waals surface area contributed by atoms with Gasteiger partial charge in [-0.25, -0.2) is 9.50 Å². The van der Waals surface area contributed by atoms with Gasteiger partial charge in [0.05, 0.1) is 16.3 Å². The number of halogens is 1. The lowest BCUT2D eigenvalue weighted by molar-refractivity contribution is 0.101. The second-order valence-corrected chi connectivity index (χ2v) is 8.70. The van der Waals surface area contributed by atoms with Gasteiger partial charge in [0.2, 0.25) is 5.95 Å².